The molecular weight excluding hydrogens is 372 g/mol. The molecule has 0 aliphatic carbocycles. The van der Waals surface area contributed by atoms with E-state index in [0.29, 0.717) is 17.2 Å². The van der Waals surface area contributed by atoms with Crippen LogP contribution in [0.5, 0.6) is 5.75 Å². The molecule has 146 valence electrons. The SMILES string of the molecule is Cc1ccc(Cc2ccccc2O[C@@H]2O[C@H](CO)[C@@H](O)[C@H](O)[C@H]2O)cc1Cl. The number of aliphatic hydroxyl groups is 4. The number of aryl methyl sites for hydroxylation is 1. The molecule has 1 saturated heterocycles. The molecule has 6 nitrogen and oxygen atoms in total. The summed E-state index contributed by atoms with van der Waals surface area (Å²) in [6.07, 6.45) is -6.05. The molecular formula is C20H23ClO6. The summed E-state index contributed by atoms with van der Waals surface area (Å²) in [5, 5.41) is 40.0. The van der Waals surface area contributed by atoms with Crippen LogP contribution < -0.4 is 4.74 Å². The standard InChI is InChI=1S/C20H23ClO6/c1-11-6-7-12(9-14(11)21)8-13-4-2-3-5-15(13)26-20-19(25)18(24)17(23)16(10-22)27-20/h2-7,9,16-20,22-25H,8,10H2,1H3/t16-,17-,18+,19-,20-/m1/s1. The molecule has 1 aliphatic heterocycles. The average Bonchev–Trinajstić information content (AvgIpc) is 2.66. The highest BCUT2D eigenvalue weighted by atomic mass is 35.5. The lowest BCUT2D eigenvalue weighted by Gasteiger charge is -2.39. The number of ether oxygens (including phenoxy) is 2. The van der Waals surface area contributed by atoms with Crippen LogP contribution in [-0.2, 0) is 11.2 Å². The van der Waals surface area contributed by atoms with E-state index in [9.17, 15) is 20.4 Å². The summed E-state index contributed by atoms with van der Waals surface area (Å²) in [6.45, 7) is 1.43. The average molecular weight is 395 g/mol. The van der Waals surface area contributed by atoms with Gasteiger partial charge in [0.1, 0.15) is 30.2 Å². The number of hydrogen-bond donors (Lipinski definition) is 4. The molecule has 3 rings (SSSR count). The minimum atomic E-state index is -1.48. The van der Waals surface area contributed by atoms with Crippen molar-refractivity contribution in [2.45, 2.75) is 44.1 Å². The normalized spacial score (nSPS) is 28.1. The van der Waals surface area contributed by atoms with E-state index < -0.39 is 37.3 Å². The molecule has 4 N–H and O–H groups in total. The highest BCUT2D eigenvalue weighted by molar-refractivity contribution is 6.31. The number of aliphatic hydroxyl groups excluding tert-OH is 4. The minimum Gasteiger partial charge on any atom is -0.462 e. The van der Waals surface area contributed by atoms with Crippen molar-refractivity contribution in [3.63, 3.8) is 0 Å². The largest absolute Gasteiger partial charge is 0.462 e. The van der Waals surface area contributed by atoms with Crippen LogP contribution in [0.15, 0.2) is 42.5 Å². The first-order valence-corrected chi connectivity index (χ1v) is 9.08. The molecule has 1 aliphatic rings. The second-order valence-electron chi connectivity index (χ2n) is 6.68. The number of halogens is 1. The van der Waals surface area contributed by atoms with E-state index in [-0.39, 0.29) is 0 Å². The van der Waals surface area contributed by atoms with E-state index in [2.05, 4.69) is 0 Å². The van der Waals surface area contributed by atoms with E-state index in [0.717, 1.165) is 16.7 Å². The van der Waals surface area contributed by atoms with Crippen molar-refractivity contribution in [2.24, 2.45) is 0 Å². The van der Waals surface area contributed by atoms with Gasteiger partial charge in [-0.1, -0.05) is 41.9 Å². The first kappa shape index (κ1) is 20.1. The smallest absolute Gasteiger partial charge is 0.229 e. The van der Waals surface area contributed by atoms with Crippen molar-refractivity contribution >= 4 is 11.6 Å². The van der Waals surface area contributed by atoms with Crippen LogP contribution >= 0.6 is 11.6 Å². The third kappa shape index (κ3) is 4.43. The molecule has 5 atom stereocenters. The number of para-hydroxylation sites is 1. The summed E-state index contributed by atoms with van der Waals surface area (Å²) in [7, 11) is 0. The molecule has 7 heteroatoms. The van der Waals surface area contributed by atoms with E-state index >= 15 is 0 Å². The second-order valence-corrected chi connectivity index (χ2v) is 7.09. The van der Waals surface area contributed by atoms with Crippen LogP contribution in [0.25, 0.3) is 0 Å². The maximum Gasteiger partial charge on any atom is 0.229 e. The van der Waals surface area contributed by atoms with Gasteiger partial charge in [0.25, 0.3) is 0 Å². The molecule has 27 heavy (non-hydrogen) atoms. The molecule has 0 radical (unpaired) electrons. The highest BCUT2D eigenvalue weighted by Gasteiger charge is 2.44. The first-order chi connectivity index (χ1) is 12.9. The van der Waals surface area contributed by atoms with Gasteiger partial charge < -0.3 is 29.9 Å². The Hall–Kier alpha value is -1.67. The third-order valence-corrected chi connectivity index (χ3v) is 5.10. The topological polar surface area (TPSA) is 99.4 Å². The van der Waals surface area contributed by atoms with Crippen LogP contribution in [0.1, 0.15) is 16.7 Å². The van der Waals surface area contributed by atoms with Gasteiger partial charge in [0.05, 0.1) is 6.61 Å². The number of hydrogen-bond acceptors (Lipinski definition) is 6. The zero-order valence-corrected chi connectivity index (χ0v) is 15.6. The Bertz CT molecular complexity index is 781. The molecule has 1 fully saturated rings. The lowest BCUT2D eigenvalue weighted by atomic mass is 9.99. The molecule has 2 aromatic carbocycles. The molecule has 0 aromatic heterocycles. The Balaban J connectivity index is 1.80. The van der Waals surface area contributed by atoms with Gasteiger partial charge in [-0.25, -0.2) is 0 Å². The summed E-state index contributed by atoms with van der Waals surface area (Å²) in [5.74, 6) is 0.471. The molecule has 0 saturated carbocycles. The van der Waals surface area contributed by atoms with E-state index in [1.807, 2.05) is 37.3 Å². The van der Waals surface area contributed by atoms with Gasteiger partial charge in [-0.15, -0.1) is 0 Å². The summed E-state index contributed by atoms with van der Waals surface area (Å²) in [6, 6.07) is 13.1. The van der Waals surface area contributed by atoms with Crippen molar-refractivity contribution < 1.29 is 29.9 Å². The molecule has 2 aromatic rings. The fourth-order valence-electron chi connectivity index (χ4n) is 3.02. The number of benzene rings is 2. The predicted octanol–water partition coefficient (Wildman–Crippen LogP) is 1.42. The summed E-state index contributed by atoms with van der Waals surface area (Å²) in [4.78, 5) is 0. The Labute approximate surface area is 162 Å². The van der Waals surface area contributed by atoms with E-state index in [1.165, 1.54) is 0 Å². The highest BCUT2D eigenvalue weighted by Crippen LogP contribution is 2.28. The van der Waals surface area contributed by atoms with Crippen molar-refractivity contribution in [3.05, 3.63) is 64.2 Å². The molecule has 0 spiro atoms. The summed E-state index contributed by atoms with van der Waals surface area (Å²) < 4.78 is 11.2. The fourth-order valence-corrected chi connectivity index (χ4v) is 3.22. The van der Waals surface area contributed by atoms with Crippen LogP contribution in [0.2, 0.25) is 5.02 Å². The Morgan fingerprint density at radius 2 is 1.78 bits per heavy atom. The minimum absolute atomic E-state index is 0.471. The van der Waals surface area contributed by atoms with Gasteiger partial charge in [-0.2, -0.15) is 0 Å². The lowest BCUT2D eigenvalue weighted by molar-refractivity contribution is -0.277. The van der Waals surface area contributed by atoms with Gasteiger partial charge in [0.2, 0.25) is 6.29 Å². The molecule has 1 heterocycles. The summed E-state index contributed by atoms with van der Waals surface area (Å²) >= 11 is 6.20. The quantitative estimate of drug-likeness (QED) is 0.612. The first-order valence-electron chi connectivity index (χ1n) is 8.71. The van der Waals surface area contributed by atoms with Gasteiger partial charge in [0, 0.05) is 11.4 Å². The number of rotatable bonds is 5. The van der Waals surface area contributed by atoms with Crippen LogP contribution in [0.4, 0.5) is 0 Å². The summed E-state index contributed by atoms with van der Waals surface area (Å²) in [5.41, 5.74) is 2.83. The van der Waals surface area contributed by atoms with E-state index in [4.69, 9.17) is 21.1 Å². The van der Waals surface area contributed by atoms with Crippen LogP contribution in [-0.4, -0.2) is 57.7 Å². The van der Waals surface area contributed by atoms with Gasteiger partial charge >= 0.3 is 0 Å². The maximum absolute atomic E-state index is 10.2. The Kier molecular flexibility index (Phi) is 6.37. The second kappa shape index (κ2) is 8.56. The lowest BCUT2D eigenvalue weighted by Crippen LogP contribution is -2.60. The van der Waals surface area contributed by atoms with Crippen molar-refractivity contribution in [2.75, 3.05) is 6.61 Å². The van der Waals surface area contributed by atoms with Crippen molar-refractivity contribution in [1.29, 1.82) is 0 Å². The third-order valence-electron chi connectivity index (χ3n) is 4.69. The van der Waals surface area contributed by atoms with Crippen LogP contribution in [0.3, 0.4) is 0 Å². The Morgan fingerprint density at radius 1 is 1.04 bits per heavy atom. The monoisotopic (exact) mass is 394 g/mol. The molecule has 0 amide bonds. The van der Waals surface area contributed by atoms with Gasteiger partial charge in [0.15, 0.2) is 0 Å². The van der Waals surface area contributed by atoms with Crippen molar-refractivity contribution in [3.8, 4) is 5.75 Å². The Morgan fingerprint density at radius 3 is 2.48 bits per heavy atom. The van der Waals surface area contributed by atoms with Crippen LogP contribution in [0, 0.1) is 6.92 Å². The molecule has 0 bridgehead atoms. The fraction of sp³-hybridized carbons (Fsp3) is 0.400. The zero-order valence-electron chi connectivity index (χ0n) is 14.8. The molecule has 0 unspecified atom stereocenters. The van der Waals surface area contributed by atoms with E-state index in [1.54, 1.807) is 12.1 Å². The zero-order chi connectivity index (χ0) is 19.6. The maximum atomic E-state index is 10.2. The van der Waals surface area contributed by atoms with Crippen molar-refractivity contribution in [1.82, 2.24) is 0 Å². The van der Waals surface area contributed by atoms with Gasteiger partial charge in [-0.3, -0.25) is 0 Å². The predicted molar refractivity (Wildman–Crippen MR) is 99.8 cm³/mol. The van der Waals surface area contributed by atoms with Gasteiger partial charge in [-0.05, 0) is 35.7 Å².